The summed E-state index contributed by atoms with van der Waals surface area (Å²) in [5, 5.41) is 21.4. The summed E-state index contributed by atoms with van der Waals surface area (Å²) in [7, 11) is 0. The highest BCUT2D eigenvalue weighted by molar-refractivity contribution is 5.76. The number of para-hydroxylation sites is 1. The van der Waals surface area contributed by atoms with Crippen molar-refractivity contribution in [1.82, 2.24) is 29.9 Å². The molecule has 0 saturated carbocycles. The van der Waals surface area contributed by atoms with Crippen LogP contribution in [-0.4, -0.2) is 48.1 Å². The van der Waals surface area contributed by atoms with Crippen molar-refractivity contribution < 1.29 is 9.50 Å². The highest BCUT2D eigenvalue weighted by Gasteiger charge is 2.37. The Hall–Kier alpha value is -2.32. The van der Waals surface area contributed by atoms with Gasteiger partial charge < -0.3 is 9.67 Å². The topological polar surface area (TPSA) is 82.9 Å². The van der Waals surface area contributed by atoms with E-state index in [9.17, 15) is 9.50 Å². The van der Waals surface area contributed by atoms with E-state index >= 15 is 0 Å². The first kappa shape index (κ1) is 16.2. The summed E-state index contributed by atoms with van der Waals surface area (Å²) in [5.41, 5.74) is 0.760. The number of hydrogen-bond acceptors (Lipinski definition) is 5. The summed E-state index contributed by atoms with van der Waals surface area (Å²) in [6.07, 6.45) is 3.07. The predicted octanol–water partition coefficient (Wildman–Crippen LogP) is 1.80. The van der Waals surface area contributed by atoms with E-state index in [0.717, 1.165) is 30.9 Å². The van der Waals surface area contributed by atoms with Crippen molar-refractivity contribution in [2.45, 2.75) is 38.5 Å². The minimum absolute atomic E-state index is 0.302. The maximum atomic E-state index is 14.1. The molecule has 2 N–H and O–H groups in total. The summed E-state index contributed by atoms with van der Waals surface area (Å²) < 4.78 is 16.1. The lowest BCUT2D eigenvalue weighted by atomic mass is 9.90. The fourth-order valence-corrected chi connectivity index (χ4v) is 3.73. The number of halogens is 1. The Kier molecular flexibility index (Phi) is 4.01. The number of piperidine rings is 1. The third kappa shape index (κ3) is 2.81. The summed E-state index contributed by atoms with van der Waals surface area (Å²) in [4.78, 5) is 6.66. The number of benzene rings is 1. The van der Waals surface area contributed by atoms with Crippen LogP contribution >= 0.6 is 0 Å². The van der Waals surface area contributed by atoms with Gasteiger partial charge in [-0.15, -0.1) is 0 Å². The molecular formula is C17H21FN6O. The first-order valence-corrected chi connectivity index (χ1v) is 8.55. The molecule has 1 aliphatic heterocycles. The molecule has 2 aromatic heterocycles. The Morgan fingerprint density at radius 1 is 1.40 bits per heavy atom. The van der Waals surface area contributed by atoms with Crippen LogP contribution in [0.2, 0.25) is 0 Å². The molecule has 1 fully saturated rings. The summed E-state index contributed by atoms with van der Waals surface area (Å²) in [6, 6.07) is 5.03. The number of aryl methyl sites for hydroxylation is 1. The molecule has 1 atom stereocenters. The van der Waals surface area contributed by atoms with Crippen LogP contribution in [0, 0.1) is 5.82 Å². The van der Waals surface area contributed by atoms with Crippen molar-refractivity contribution >= 4 is 11.0 Å². The van der Waals surface area contributed by atoms with Crippen LogP contribution in [0.5, 0.6) is 0 Å². The van der Waals surface area contributed by atoms with E-state index in [1.165, 1.54) is 6.07 Å². The number of aliphatic hydroxyl groups is 1. The van der Waals surface area contributed by atoms with Crippen LogP contribution in [0.15, 0.2) is 24.4 Å². The van der Waals surface area contributed by atoms with Crippen molar-refractivity contribution in [2.75, 3.05) is 13.1 Å². The van der Waals surface area contributed by atoms with Crippen LogP contribution in [0.25, 0.3) is 11.0 Å². The number of H-pyrrole nitrogens is 1. The maximum absolute atomic E-state index is 14.1. The number of aromatic nitrogens is 5. The fraction of sp³-hybridized carbons (Fsp3) is 0.471. The van der Waals surface area contributed by atoms with E-state index in [-0.39, 0.29) is 5.82 Å². The number of likely N-dealkylation sites (tertiary alicyclic amines) is 1. The second-order valence-corrected chi connectivity index (χ2v) is 6.58. The standard InChI is InChI=1S/C17H21FN6O/c1-2-24-13-6-3-5-12(18)16(13)20-15(24)10-23-8-4-7-17(25,11-23)14-9-19-22-21-14/h3,5-6,9,25H,2,4,7-8,10-11H2,1H3,(H,19,21,22)/t17-/m0/s1. The summed E-state index contributed by atoms with van der Waals surface area (Å²) in [6.45, 7) is 4.61. The Balaban J connectivity index is 1.62. The molecule has 0 aliphatic carbocycles. The smallest absolute Gasteiger partial charge is 0.151 e. The Morgan fingerprint density at radius 2 is 2.28 bits per heavy atom. The molecule has 0 unspecified atom stereocenters. The quantitative estimate of drug-likeness (QED) is 0.754. The minimum Gasteiger partial charge on any atom is -0.382 e. The molecule has 4 rings (SSSR count). The second-order valence-electron chi connectivity index (χ2n) is 6.58. The van der Waals surface area contributed by atoms with Gasteiger partial charge in [-0.2, -0.15) is 15.4 Å². The number of rotatable bonds is 4. The van der Waals surface area contributed by atoms with E-state index in [0.29, 0.717) is 30.7 Å². The maximum Gasteiger partial charge on any atom is 0.151 e. The average Bonchev–Trinajstić information content (AvgIpc) is 3.23. The lowest BCUT2D eigenvalue weighted by molar-refractivity contribution is -0.0422. The van der Waals surface area contributed by atoms with E-state index in [1.807, 2.05) is 17.6 Å². The summed E-state index contributed by atoms with van der Waals surface area (Å²) >= 11 is 0. The molecule has 3 heterocycles. The van der Waals surface area contributed by atoms with Crippen molar-refractivity contribution in [3.8, 4) is 0 Å². The molecule has 25 heavy (non-hydrogen) atoms. The summed E-state index contributed by atoms with van der Waals surface area (Å²) in [5.74, 6) is 0.510. The largest absolute Gasteiger partial charge is 0.382 e. The van der Waals surface area contributed by atoms with Crippen molar-refractivity contribution in [3.05, 3.63) is 41.7 Å². The van der Waals surface area contributed by atoms with Gasteiger partial charge in [0, 0.05) is 13.1 Å². The number of hydrogen-bond donors (Lipinski definition) is 2. The lowest BCUT2D eigenvalue weighted by Gasteiger charge is -2.37. The molecule has 0 amide bonds. The van der Waals surface area contributed by atoms with Crippen LogP contribution in [0.3, 0.4) is 0 Å². The normalized spacial score (nSPS) is 21.9. The molecule has 1 saturated heterocycles. The third-order valence-corrected chi connectivity index (χ3v) is 4.93. The monoisotopic (exact) mass is 344 g/mol. The highest BCUT2D eigenvalue weighted by atomic mass is 19.1. The molecule has 7 nitrogen and oxygen atoms in total. The molecule has 0 bridgehead atoms. The van der Waals surface area contributed by atoms with Crippen LogP contribution in [0.1, 0.15) is 31.3 Å². The van der Waals surface area contributed by atoms with E-state index in [4.69, 9.17) is 0 Å². The van der Waals surface area contributed by atoms with Gasteiger partial charge in [-0.05, 0) is 38.4 Å². The van der Waals surface area contributed by atoms with Crippen molar-refractivity contribution in [3.63, 3.8) is 0 Å². The molecule has 1 aromatic carbocycles. The molecular weight excluding hydrogens is 323 g/mol. The Labute approximate surface area is 144 Å². The van der Waals surface area contributed by atoms with Crippen LogP contribution in [-0.2, 0) is 18.7 Å². The van der Waals surface area contributed by atoms with Gasteiger partial charge in [0.2, 0.25) is 0 Å². The fourth-order valence-electron chi connectivity index (χ4n) is 3.73. The zero-order valence-electron chi connectivity index (χ0n) is 14.1. The molecule has 8 heteroatoms. The molecule has 0 radical (unpaired) electrons. The van der Waals surface area contributed by atoms with Crippen molar-refractivity contribution in [1.29, 1.82) is 0 Å². The number of β-amino-alcohol motifs (C(OH)–C–C–N with tert-alkyl or cyclic N) is 1. The van der Waals surface area contributed by atoms with Gasteiger partial charge in [0.05, 0.1) is 18.3 Å². The third-order valence-electron chi connectivity index (χ3n) is 4.93. The van der Waals surface area contributed by atoms with Crippen molar-refractivity contribution in [2.24, 2.45) is 0 Å². The van der Waals surface area contributed by atoms with Gasteiger partial charge in [0.1, 0.15) is 22.6 Å². The van der Waals surface area contributed by atoms with Gasteiger partial charge in [-0.1, -0.05) is 6.07 Å². The van der Waals surface area contributed by atoms with Gasteiger partial charge in [0.15, 0.2) is 5.82 Å². The van der Waals surface area contributed by atoms with Crippen LogP contribution in [0.4, 0.5) is 4.39 Å². The first-order valence-electron chi connectivity index (χ1n) is 8.55. The molecule has 132 valence electrons. The van der Waals surface area contributed by atoms with Gasteiger partial charge in [0.25, 0.3) is 0 Å². The van der Waals surface area contributed by atoms with Gasteiger partial charge >= 0.3 is 0 Å². The Morgan fingerprint density at radius 3 is 3.04 bits per heavy atom. The van der Waals surface area contributed by atoms with E-state index in [1.54, 1.807) is 12.3 Å². The molecule has 0 spiro atoms. The number of imidazole rings is 1. The van der Waals surface area contributed by atoms with Gasteiger partial charge in [-0.3, -0.25) is 4.90 Å². The Bertz CT molecular complexity index is 877. The number of nitrogens with one attached hydrogen (secondary N) is 1. The van der Waals surface area contributed by atoms with E-state index < -0.39 is 5.60 Å². The number of aromatic amines is 1. The predicted molar refractivity (Wildman–Crippen MR) is 90.2 cm³/mol. The number of nitrogens with zero attached hydrogens (tertiary/aromatic N) is 5. The second kappa shape index (κ2) is 6.20. The first-order chi connectivity index (χ1) is 12.1. The molecule has 1 aliphatic rings. The average molecular weight is 344 g/mol. The minimum atomic E-state index is -1.01. The molecule has 3 aromatic rings. The van der Waals surface area contributed by atoms with Crippen LogP contribution < -0.4 is 0 Å². The highest BCUT2D eigenvalue weighted by Crippen LogP contribution is 2.31. The lowest BCUT2D eigenvalue weighted by Crippen LogP contribution is -2.46. The number of fused-ring (bicyclic) bond motifs is 1. The van der Waals surface area contributed by atoms with Gasteiger partial charge in [-0.25, -0.2) is 9.37 Å². The van der Waals surface area contributed by atoms with E-state index in [2.05, 4.69) is 25.3 Å². The SMILES string of the molecule is CCn1c(CN2CCC[C@@](O)(c3cn[nH]n3)C2)nc2c(F)cccc21. The zero-order valence-corrected chi connectivity index (χ0v) is 14.1. The zero-order chi connectivity index (χ0) is 17.4.